The molecule has 86 valence electrons. The second kappa shape index (κ2) is 6.45. The summed E-state index contributed by atoms with van der Waals surface area (Å²) in [4.78, 5) is 11.3. The lowest BCUT2D eigenvalue weighted by Crippen LogP contribution is -2.28. The largest absolute Gasteiger partial charge is 0.392 e. The summed E-state index contributed by atoms with van der Waals surface area (Å²) in [5.41, 5.74) is 0.946. The van der Waals surface area contributed by atoms with E-state index in [0.717, 1.165) is 10.0 Å². The zero-order valence-electron chi connectivity index (χ0n) is 8.98. The molecule has 4 heteroatoms. The molecular weight excluding hydrogens is 270 g/mol. The highest BCUT2D eigenvalue weighted by Crippen LogP contribution is 2.12. The van der Waals surface area contributed by atoms with Gasteiger partial charge in [0.05, 0.1) is 6.10 Å². The van der Waals surface area contributed by atoms with Crippen LogP contribution in [0, 0.1) is 0 Å². The molecule has 0 saturated carbocycles. The lowest BCUT2D eigenvalue weighted by Gasteiger charge is -2.03. The van der Waals surface area contributed by atoms with Gasteiger partial charge in [-0.25, -0.2) is 0 Å². The zero-order valence-corrected chi connectivity index (χ0v) is 10.6. The van der Waals surface area contributed by atoms with Crippen molar-refractivity contribution >= 4 is 27.9 Å². The molecule has 0 aliphatic heterocycles. The number of amides is 1. The molecule has 0 radical (unpaired) electrons. The maximum Gasteiger partial charge on any atom is 0.244 e. The van der Waals surface area contributed by atoms with E-state index in [4.69, 9.17) is 5.11 Å². The first-order chi connectivity index (χ1) is 7.58. The van der Waals surface area contributed by atoms with E-state index in [0.29, 0.717) is 0 Å². The average molecular weight is 284 g/mol. The molecule has 0 bridgehead atoms. The number of carbonyl (C=O) groups excluding carboxylic acids is 1. The van der Waals surface area contributed by atoms with Crippen molar-refractivity contribution in [3.8, 4) is 0 Å². The Balaban J connectivity index is 2.50. The standard InChI is InChI=1S/C12H14BrNO2/c1-9(15)8-14-12(16)6-5-10-3-2-4-11(13)7-10/h2-7,9,15H,8H2,1H3,(H,14,16)/b6-5+/t9-/m1/s1. The van der Waals surface area contributed by atoms with Crippen molar-refractivity contribution in [1.29, 1.82) is 0 Å². The number of carbonyl (C=O) groups is 1. The molecule has 1 rings (SSSR count). The number of halogens is 1. The summed E-state index contributed by atoms with van der Waals surface area (Å²) < 4.78 is 0.971. The second-order valence-electron chi connectivity index (χ2n) is 3.48. The van der Waals surface area contributed by atoms with Crippen molar-refractivity contribution in [1.82, 2.24) is 5.32 Å². The monoisotopic (exact) mass is 283 g/mol. The van der Waals surface area contributed by atoms with Crippen molar-refractivity contribution in [2.45, 2.75) is 13.0 Å². The van der Waals surface area contributed by atoms with Gasteiger partial charge in [-0.2, -0.15) is 0 Å². The van der Waals surface area contributed by atoms with E-state index in [1.54, 1.807) is 13.0 Å². The molecule has 0 aromatic heterocycles. The van der Waals surface area contributed by atoms with Crippen LogP contribution in [0.25, 0.3) is 6.08 Å². The lowest BCUT2D eigenvalue weighted by molar-refractivity contribution is -0.116. The van der Waals surface area contributed by atoms with Crippen molar-refractivity contribution in [3.05, 3.63) is 40.4 Å². The number of hydrogen-bond acceptors (Lipinski definition) is 2. The van der Waals surface area contributed by atoms with Gasteiger partial charge in [0.15, 0.2) is 0 Å². The molecule has 1 aromatic carbocycles. The predicted molar refractivity (Wildman–Crippen MR) is 67.9 cm³/mol. The van der Waals surface area contributed by atoms with Crippen LogP contribution in [-0.2, 0) is 4.79 Å². The van der Waals surface area contributed by atoms with E-state index in [1.807, 2.05) is 24.3 Å². The summed E-state index contributed by atoms with van der Waals surface area (Å²) >= 11 is 3.35. The number of benzene rings is 1. The summed E-state index contributed by atoms with van der Waals surface area (Å²) in [7, 11) is 0. The van der Waals surface area contributed by atoms with Crippen LogP contribution in [0.5, 0.6) is 0 Å². The van der Waals surface area contributed by atoms with E-state index >= 15 is 0 Å². The minimum absolute atomic E-state index is 0.208. The van der Waals surface area contributed by atoms with Gasteiger partial charge in [-0.1, -0.05) is 28.1 Å². The van der Waals surface area contributed by atoms with Gasteiger partial charge in [0.25, 0.3) is 0 Å². The van der Waals surface area contributed by atoms with E-state index in [-0.39, 0.29) is 12.5 Å². The molecule has 0 saturated heterocycles. The van der Waals surface area contributed by atoms with Crippen LogP contribution in [0.3, 0.4) is 0 Å². The van der Waals surface area contributed by atoms with Crippen molar-refractivity contribution in [2.24, 2.45) is 0 Å². The van der Waals surface area contributed by atoms with Crippen molar-refractivity contribution in [3.63, 3.8) is 0 Å². The van der Waals surface area contributed by atoms with E-state index in [1.165, 1.54) is 6.08 Å². The first kappa shape index (κ1) is 12.9. The van der Waals surface area contributed by atoms with Gasteiger partial charge in [0.1, 0.15) is 0 Å². The first-order valence-electron chi connectivity index (χ1n) is 4.97. The van der Waals surface area contributed by atoms with Gasteiger partial charge in [-0.15, -0.1) is 0 Å². The summed E-state index contributed by atoms with van der Waals surface area (Å²) in [5.74, 6) is -0.208. The van der Waals surface area contributed by atoms with Crippen LogP contribution in [0.1, 0.15) is 12.5 Å². The summed E-state index contributed by atoms with van der Waals surface area (Å²) in [6.45, 7) is 1.89. The number of rotatable bonds is 4. The Morgan fingerprint density at radius 2 is 2.38 bits per heavy atom. The molecule has 2 N–H and O–H groups in total. The van der Waals surface area contributed by atoms with Gasteiger partial charge in [0, 0.05) is 17.1 Å². The normalized spacial score (nSPS) is 12.7. The maximum atomic E-state index is 11.3. The number of aliphatic hydroxyl groups excluding tert-OH is 1. The fraction of sp³-hybridized carbons (Fsp3) is 0.250. The third-order valence-electron chi connectivity index (χ3n) is 1.85. The topological polar surface area (TPSA) is 49.3 Å². The molecule has 0 heterocycles. The Labute approximate surface area is 103 Å². The Morgan fingerprint density at radius 3 is 3.00 bits per heavy atom. The SMILES string of the molecule is C[C@@H](O)CNC(=O)/C=C/c1cccc(Br)c1. The van der Waals surface area contributed by atoms with Crippen LogP contribution < -0.4 is 5.32 Å². The Morgan fingerprint density at radius 1 is 1.62 bits per heavy atom. The molecule has 16 heavy (non-hydrogen) atoms. The molecule has 0 fully saturated rings. The molecule has 0 spiro atoms. The van der Waals surface area contributed by atoms with Gasteiger partial charge in [-0.3, -0.25) is 4.79 Å². The average Bonchev–Trinajstić information content (AvgIpc) is 2.23. The molecule has 0 unspecified atom stereocenters. The third kappa shape index (κ3) is 5.09. The number of nitrogens with one attached hydrogen (secondary N) is 1. The van der Waals surface area contributed by atoms with Gasteiger partial charge in [0.2, 0.25) is 5.91 Å². The van der Waals surface area contributed by atoms with Gasteiger partial charge in [-0.05, 0) is 30.7 Å². The van der Waals surface area contributed by atoms with Gasteiger partial charge < -0.3 is 10.4 Å². The Hall–Kier alpha value is -1.13. The van der Waals surface area contributed by atoms with Gasteiger partial charge >= 0.3 is 0 Å². The van der Waals surface area contributed by atoms with Crippen LogP contribution >= 0.6 is 15.9 Å². The minimum atomic E-state index is -0.525. The third-order valence-corrected chi connectivity index (χ3v) is 2.34. The lowest BCUT2D eigenvalue weighted by atomic mass is 10.2. The van der Waals surface area contributed by atoms with E-state index < -0.39 is 6.10 Å². The highest BCUT2D eigenvalue weighted by atomic mass is 79.9. The summed E-state index contributed by atoms with van der Waals surface area (Å²) in [6.07, 6.45) is 2.65. The fourth-order valence-corrected chi connectivity index (χ4v) is 1.51. The number of hydrogen-bond donors (Lipinski definition) is 2. The quantitative estimate of drug-likeness (QED) is 0.830. The van der Waals surface area contributed by atoms with Crippen molar-refractivity contribution in [2.75, 3.05) is 6.54 Å². The molecule has 1 amide bonds. The van der Waals surface area contributed by atoms with Crippen LogP contribution in [0.2, 0.25) is 0 Å². The highest BCUT2D eigenvalue weighted by Gasteiger charge is 1.98. The Kier molecular flexibility index (Phi) is 5.22. The van der Waals surface area contributed by atoms with E-state index in [9.17, 15) is 4.79 Å². The Bertz CT molecular complexity index is 388. The highest BCUT2D eigenvalue weighted by molar-refractivity contribution is 9.10. The first-order valence-corrected chi connectivity index (χ1v) is 5.77. The maximum absolute atomic E-state index is 11.3. The summed E-state index contributed by atoms with van der Waals surface area (Å²) in [5, 5.41) is 11.6. The van der Waals surface area contributed by atoms with Crippen LogP contribution in [0.4, 0.5) is 0 Å². The fourth-order valence-electron chi connectivity index (χ4n) is 1.09. The molecule has 0 aliphatic carbocycles. The molecule has 1 aromatic rings. The van der Waals surface area contributed by atoms with Crippen LogP contribution in [0.15, 0.2) is 34.8 Å². The predicted octanol–water partition coefficient (Wildman–Crippen LogP) is 1.96. The van der Waals surface area contributed by atoms with Crippen molar-refractivity contribution < 1.29 is 9.90 Å². The second-order valence-corrected chi connectivity index (χ2v) is 4.40. The van der Waals surface area contributed by atoms with Crippen LogP contribution in [-0.4, -0.2) is 23.7 Å². The zero-order chi connectivity index (χ0) is 12.0. The molecule has 0 aliphatic rings. The number of aliphatic hydroxyl groups is 1. The molecular formula is C12H14BrNO2. The molecule has 1 atom stereocenters. The molecule has 3 nitrogen and oxygen atoms in total. The smallest absolute Gasteiger partial charge is 0.244 e. The minimum Gasteiger partial charge on any atom is -0.392 e. The summed E-state index contributed by atoms with van der Waals surface area (Å²) in [6, 6.07) is 7.64. The van der Waals surface area contributed by atoms with E-state index in [2.05, 4.69) is 21.2 Å².